The van der Waals surface area contributed by atoms with Gasteiger partial charge in [-0.25, -0.2) is 4.79 Å². The van der Waals surface area contributed by atoms with E-state index in [0.29, 0.717) is 0 Å². The molecule has 0 amide bonds. The van der Waals surface area contributed by atoms with Gasteiger partial charge < -0.3 is 9.47 Å². The van der Waals surface area contributed by atoms with Gasteiger partial charge in [-0.05, 0) is 51.9 Å². The molecular formula is C19H28O4. The zero-order valence-electron chi connectivity index (χ0n) is 14.9. The second-order valence-electron chi connectivity index (χ2n) is 8.24. The van der Waals surface area contributed by atoms with Crippen LogP contribution in [0.4, 0.5) is 0 Å². The Morgan fingerprint density at radius 3 is 2.26 bits per heavy atom. The number of carbonyl (C=O) groups excluding carboxylic acids is 2. The third-order valence-electron chi connectivity index (χ3n) is 4.64. The van der Waals surface area contributed by atoms with E-state index in [2.05, 4.69) is 11.8 Å². The molecule has 0 unspecified atom stereocenters. The van der Waals surface area contributed by atoms with Crippen LogP contribution in [-0.4, -0.2) is 23.6 Å². The van der Waals surface area contributed by atoms with Crippen LogP contribution in [0.3, 0.4) is 0 Å². The minimum Gasteiger partial charge on any atom is -0.460 e. The lowest BCUT2D eigenvalue weighted by molar-refractivity contribution is -0.157. The van der Waals surface area contributed by atoms with Crippen molar-refractivity contribution in [3.8, 4) is 11.8 Å². The Hall–Kier alpha value is -1.50. The highest BCUT2D eigenvalue weighted by atomic mass is 16.6. The lowest BCUT2D eigenvalue weighted by Crippen LogP contribution is -2.26. The van der Waals surface area contributed by atoms with Crippen molar-refractivity contribution in [2.45, 2.75) is 78.4 Å². The molecule has 4 heteroatoms. The molecule has 0 aliphatic heterocycles. The predicted molar refractivity (Wildman–Crippen MR) is 87.3 cm³/mol. The van der Waals surface area contributed by atoms with Gasteiger partial charge in [-0.1, -0.05) is 26.2 Å². The molecule has 2 atom stereocenters. The van der Waals surface area contributed by atoms with Gasteiger partial charge in [0.05, 0.1) is 5.92 Å². The average Bonchev–Trinajstić information content (AvgIpc) is 2.97. The largest absolute Gasteiger partial charge is 0.460 e. The summed E-state index contributed by atoms with van der Waals surface area (Å²) in [6.45, 7) is 9.51. The normalized spacial score (nSPS) is 26.7. The molecule has 0 aromatic rings. The number of hydrogen-bond donors (Lipinski definition) is 0. The average molecular weight is 320 g/mol. The van der Waals surface area contributed by atoms with Gasteiger partial charge in [0.2, 0.25) is 0 Å². The van der Waals surface area contributed by atoms with E-state index < -0.39 is 11.6 Å². The predicted octanol–water partition coefficient (Wildman–Crippen LogP) is 3.48. The van der Waals surface area contributed by atoms with Crippen LogP contribution in [0.15, 0.2) is 0 Å². The molecule has 23 heavy (non-hydrogen) atoms. The van der Waals surface area contributed by atoms with Crippen LogP contribution in [0, 0.1) is 29.1 Å². The minimum atomic E-state index is -0.506. The number of rotatable bonds is 2. The van der Waals surface area contributed by atoms with Crippen molar-refractivity contribution in [3.05, 3.63) is 0 Å². The summed E-state index contributed by atoms with van der Waals surface area (Å²) in [5, 5.41) is 0. The van der Waals surface area contributed by atoms with Gasteiger partial charge in [0.1, 0.15) is 11.7 Å². The standard InChI is InChI=1S/C19H28O4/c1-18(2,3)23-17(21)16-14(19(16,4)5)11-12-15(20)22-13-9-7-6-8-10-13/h13-14,16H,6-10H2,1-5H3/t14-,16-/m0/s1. The molecule has 0 heterocycles. The highest BCUT2D eigenvalue weighted by Gasteiger charge is 2.62. The number of carbonyl (C=O) groups is 2. The van der Waals surface area contributed by atoms with Gasteiger partial charge >= 0.3 is 11.9 Å². The van der Waals surface area contributed by atoms with Crippen LogP contribution in [0.2, 0.25) is 0 Å². The molecule has 2 fully saturated rings. The van der Waals surface area contributed by atoms with Crippen LogP contribution in [0.25, 0.3) is 0 Å². The summed E-state index contributed by atoms with van der Waals surface area (Å²) in [6, 6.07) is 0. The highest BCUT2D eigenvalue weighted by Crippen LogP contribution is 2.58. The van der Waals surface area contributed by atoms with Crippen molar-refractivity contribution in [2.75, 3.05) is 0 Å². The lowest BCUT2D eigenvalue weighted by Gasteiger charge is -2.20. The van der Waals surface area contributed by atoms with Crippen molar-refractivity contribution in [1.29, 1.82) is 0 Å². The Bertz CT molecular complexity index is 524. The first-order chi connectivity index (χ1) is 10.6. The molecule has 0 bridgehead atoms. The van der Waals surface area contributed by atoms with E-state index in [4.69, 9.17) is 9.47 Å². The highest BCUT2D eigenvalue weighted by molar-refractivity contribution is 5.89. The van der Waals surface area contributed by atoms with Crippen LogP contribution >= 0.6 is 0 Å². The number of esters is 2. The molecule has 2 aliphatic rings. The van der Waals surface area contributed by atoms with E-state index in [9.17, 15) is 9.59 Å². The van der Waals surface area contributed by atoms with Crippen molar-refractivity contribution in [3.63, 3.8) is 0 Å². The molecule has 2 saturated carbocycles. The number of hydrogen-bond acceptors (Lipinski definition) is 4. The second-order valence-corrected chi connectivity index (χ2v) is 8.24. The Morgan fingerprint density at radius 1 is 1.09 bits per heavy atom. The SMILES string of the molecule is CC(C)(C)OC(=O)[C@@H]1[C@H](C#CC(=O)OC2CCCCC2)C1(C)C. The summed E-state index contributed by atoms with van der Waals surface area (Å²) in [4.78, 5) is 24.1. The van der Waals surface area contributed by atoms with Crippen molar-refractivity contribution < 1.29 is 19.1 Å². The summed E-state index contributed by atoms with van der Waals surface area (Å²) in [5.74, 6) is 4.39. The molecular weight excluding hydrogens is 292 g/mol. The van der Waals surface area contributed by atoms with Crippen LogP contribution < -0.4 is 0 Å². The van der Waals surface area contributed by atoms with E-state index in [-0.39, 0.29) is 29.3 Å². The Labute approximate surface area is 139 Å². The van der Waals surface area contributed by atoms with Crippen molar-refractivity contribution in [2.24, 2.45) is 17.3 Å². The summed E-state index contributed by atoms with van der Waals surface area (Å²) in [7, 11) is 0. The summed E-state index contributed by atoms with van der Waals surface area (Å²) >= 11 is 0. The molecule has 0 saturated heterocycles. The van der Waals surface area contributed by atoms with Gasteiger partial charge in [0.15, 0.2) is 0 Å². The van der Waals surface area contributed by atoms with E-state index in [1.54, 1.807) is 0 Å². The van der Waals surface area contributed by atoms with Gasteiger partial charge in [-0.2, -0.15) is 0 Å². The minimum absolute atomic E-state index is 0.0133. The van der Waals surface area contributed by atoms with E-state index >= 15 is 0 Å². The van der Waals surface area contributed by atoms with Gasteiger partial charge in [-0.3, -0.25) is 4.79 Å². The Balaban J connectivity index is 1.90. The van der Waals surface area contributed by atoms with Gasteiger partial charge in [0.25, 0.3) is 0 Å². The van der Waals surface area contributed by atoms with E-state index in [1.807, 2.05) is 34.6 Å². The molecule has 0 N–H and O–H groups in total. The molecule has 0 spiro atoms. The fraction of sp³-hybridized carbons (Fsp3) is 0.789. The van der Waals surface area contributed by atoms with Crippen LogP contribution in [-0.2, 0) is 19.1 Å². The quantitative estimate of drug-likeness (QED) is 0.444. The van der Waals surface area contributed by atoms with E-state index in [1.165, 1.54) is 6.42 Å². The maximum absolute atomic E-state index is 12.2. The zero-order valence-corrected chi connectivity index (χ0v) is 14.9. The molecule has 2 rings (SSSR count). The summed E-state index contributed by atoms with van der Waals surface area (Å²) < 4.78 is 10.8. The van der Waals surface area contributed by atoms with E-state index in [0.717, 1.165) is 25.7 Å². The molecule has 0 aromatic heterocycles. The third kappa shape index (κ3) is 4.73. The maximum atomic E-state index is 12.2. The smallest absolute Gasteiger partial charge is 0.384 e. The second kappa shape index (κ2) is 6.55. The van der Waals surface area contributed by atoms with Crippen LogP contribution in [0.1, 0.15) is 66.7 Å². The Morgan fingerprint density at radius 2 is 1.70 bits per heavy atom. The fourth-order valence-corrected chi connectivity index (χ4v) is 3.21. The summed E-state index contributed by atoms with van der Waals surface area (Å²) in [6.07, 6.45) is 5.32. The molecule has 0 aromatic carbocycles. The Kier molecular flexibility index (Phi) is 5.08. The first-order valence-corrected chi connectivity index (χ1v) is 8.56. The summed E-state index contributed by atoms with van der Waals surface area (Å²) in [5.41, 5.74) is -0.756. The fourth-order valence-electron chi connectivity index (χ4n) is 3.21. The number of ether oxygens (including phenoxy) is 2. The lowest BCUT2D eigenvalue weighted by atomic mass is 9.98. The molecule has 128 valence electrons. The van der Waals surface area contributed by atoms with Crippen LogP contribution in [0.5, 0.6) is 0 Å². The third-order valence-corrected chi connectivity index (χ3v) is 4.64. The molecule has 4 nitrogen and oxygen atoms in total. The molecule has 2 aliphatic carbocycles. The monoisotopic (exact) mass is 320 g/mol. The zero-order chi connectivity index (χ0) is 17.3. The first-order valence-electron chi connectivity index (χ1n) is 8.56. The topological polar surface area (TPSA) is 52.6 Å². The first kappa shape index (κ1) is 17.8. The van der Waals surface area contributed by atoms with Crippen molar-refractivity contribution in [1.82, 2.24) is 0 Å². The maximum Gasteiger partial charge on any atom is 0.384 e. The molecule has 0 radical (unpaired) electrons. The van der Waals surface area contributed by atoms with Gasteiger partial charge in [0, 0.05) is 11.8 Å². The van der Waals surface area contributed by atoms with Gasteiger partial charge in [-0.15, -0.1) is 0 Å². The van der Waals surface area contributed by atoms with Crippen molar-refractivity contribution >= 4 is 11.9 Å².